The van der Waals surface area contributed by atoms with Crippen molar-refractivity contribution >= 4 is 57.2 Å². The van der Waals surface area contributed by atoms with Crippen molar-refractivity contribution in [2.24, 2.45) is 0 Å². The second-order valence-electron chi connectivity index (χ2n) is 5.30. The van der Waals surface area contributed by atoms with Crippen molar-refractivity contribution < 1.29 is 14.3 Å². The fraction of sp³-hybridized carbons (Fsp3) is 0.0556. The summed E-state index contributed by atoms with van der Waals surface area (Å²) in [5, 5.41) is 7.95. The maximum absolute atomic E-state index is 12.3. The zero-order valence-corrected chi connectivity index (χ0v) is 16.3. The number of benzene rings is 2. The average Bonchev–Trinajstić information content (AvgIpc) is 3.12. The molecular formula is C18H13Cl2N3O3S. The highest BCUT2D eigenvalue weighted by Crippen LogP contribution is 2.26. The minimum Gasteiger partial charge on any atom is -0.497 e. The van der Waals surface area contributed by atoms with E-state index in [-0.39, 0.29) is 11.6 Å². The summed E-state index contributed by atoms with van der Waals surface area (Å²) in [5.74, 6) is -0.124. The number of carbonyl (C=O) groups is 2. The van der Waals surface area contributed by atoms with E-state index in [9.17, 15) is 9.59 Å². The molecule has 2 aromatic carbocycles. The van der Waals surface area contributed by atoms with Gasteiger partial charge in [-0.2, -0.15) is 0 Å². The molecule has 0 bridgehead atoms. The van der Waals surface area contributed by atoms with E-state index >= 15 is 0 Å². The molecule has 0 aliphatic rings. The standard InChI is InChI=1S/C18H13Cl2N3O3S/c1-26-12-5-2-10(3-6-12)16(24)23-18-22-15(9-27-18)17(25)21-14-7-4-11(19)8-13(14)20/h2-9H,1H3,(H,21,25)(H,22,23,24). The van der Waals surface area contributed by atoms with Crippen molar-refractivity contribution in [1.82, 2.24) is 4.98 Å². The zero-order valence-electron chi connectivity index (χ0n) is 14.0. The van der Waals surface area contributed by atoms with Crippen molar-refractivity contribution in [2.45, 2.75) is 0 Å². The Morgan fingerprint density at radius 2 is 1.78 bits per heavy atom. The van der Waals surface area contributed by atoms with Gasteiger partial charge in [-0.1, -0.05) is 23.2 Å². The SMILES string of the molecule is COc1ccc(C(=O)Nc2nc(C(=O)Nc3ccc(Cl)cc3Cl)cs2)cc1. The lowest BCUT2D eigenvalue weighted by molar-refractivity contribution is 0.101. The van der Waals surface area contributed by atoms with Crippen molar-refractivity contribution in [1.29, 1.82) is 0 Å². The van der Waals surface area contributed by atoms with Crippen molar-refractivity contribution in [2.75, 3.05) is 17.7 Å². The topological polar surface area (TPSA) is 80.3 Å². The zero-order chi connectivity index (χ0) is 19.4. The van der Waals surface area contributed by atoms with E-state index in [2.05, 4.69) is 15.6 Å². The molecule has 0 atom stereocenters. The van der Waals surface area contributed by atoms with Crippen LogP contribution in [0.2, 0.25) is 10.0 Å². The predicted octanol–water partition coefficient (Wildman–Crippen LogP) is 4.96. The first-order chi connectivity index (χ1) is 13.0. The van der Waals surface area contributed by atoms with Gasteiger partial charge in [0.25, 0.3) is 11.8 Å². The van der Waals surface area contributed by atoms with E-state index < -0.39 is 5.91 Å². The van der Waals surface area contributed by atoms with Gasteiger partial charge < -0.3 is 10.1 Å². The number of nitrogens with zero attached hydrogens (tertiary/aromatic N) is 1. The molecule has 3 rings (SSSR count). The van der Waals surface area contributed by atoms with Crippen LogP contribution in [0.15, 0.2) is 47.8 Å². The Bertz CT molecular complexity index is 990. The van der Waals surface area contributed by atoms with Crippen LogP contribution in [0.3, 0.4) is 0 Å². The molecule has 27 heavy (non-hydrogen) atoms. The first kappa shape index (κ1) is 19.2. The molecule has 1 aromatic heterocycles. The van der Waals surface area contributed by atoms with Crippen LogP contribution in [-0.2, 0) is 0 Å². The summed E-state index contributed by atoms with van der Waals surface area (Å²) >= 11 is 13.0. The summed E-state index contributed by atoms with van der Waals surface area (Å²) in [5.41, 5.74) is 1.03. The van der Waals surface area contributed by atoms with Crippen LogP contribution in [0.4, 0.5) is 10.8 Å². The maximum atomic E-state index is 12.3. The molecule has 0 spiro atoms. The highest BCUT2D eigenvalue weighted by Gasteiger charge is 2.15. The van der Waals surface area contributed by atoms with Gasteiger partial charge in [0.05, 0.1) is 17.8 Å². The fourth-order valence-electron chi connectivity index (χ4n) is 2.12. The lowest BCUT2D eigenvalue weighted by Crippen LogP contribution is -2.14. The van der Waals surface area contributed by atoms with E-state index in [4.69, 9.17) is 27.9 Å². The highest BCUT2D eigenvalue weighted by atomic mass is 35.5. The normalized spacial score (nSPS) is 10.3. The third kappa shape index (κ3) is 4.77. The molecule has 2 amide bonds. The van der Waals surface area contributed by atoms with Crippen LogP contribution >= 0.6 is 34.5 Å². The summed E-state index contributed by atoms with van der Waals surface area (Å²) in [4.78, 5) is 28.7. The molecule has 6 nitrogen and oxygen atoms in total. The Balaban J connectivity index is 1.66. The number of methoxy groups -OCH3 is 1. The van der Waals surface area contributed by atoms with Gasteiger partial charge in [-0.05, 0) is 42.5 Å². The first-order valence-electron chi connectivity index (χ1n) is 7.63. The molecule has 9 heteroatoms. The Morgan fingerprint density at radius 3 is 2.44 bits per heavy atom. The summed E-state index contributed by atoms with van der Waals surface area (Å²) < 4.78 is 5.06. The molecule has 0 aliphatic heterocycles. The van der Waals surface area contributed by atoms with E-state index in [0.29, 0.717) is 32.2 Å². The van der Waals surface area contributed by atoms with Crippen LogP contribution < -0.4 is 15.4 Å². The lowest BCUT2D eigenvalue weighted by atomic mass is 10.2. The molecule has 0 radical (unpaired) electrons. The lowest BCUT2D eigenvalue weighted by Gasteiger charge is -2.06. The number of rotatable bonds is 5. The fourth-order valence-corrected chi connectivity index (χ4v) is 3.27. The number of amides is 2. The maximum Gasteiger partial charge on any atom is 0.275 e. The first-order valence-corrected chi connectivity index (χ1v) is 9.27. The summed E-state index contributed by atoms with van der Waals surface area (Å²) in [7, 11) is 1.55. The van der Waals surface area contributed by atoms with Crippen LogP contribution in [-0.4, -0.2) is 23.9 Å². The van der Waals surface area contributed by atoms with Crippen molar-refractivity contribution in [3.63, 3.8) is 0 Å². The second kappa shape index (κ2) is 8.39. The minimum atomic E-state index is -0.444. The highest BCUT2D eigenvalue weighted by molar-refractivity contribution is 7.14. The smallest absolute Gasteiger partial charge is 0.275 e. The van der Waals surface area contributed by atoms with E-state index in [1.807, 2.05) is 0 Å². The number of halogens is 2. The number of aromatic nitrogens is 1. The summed E-state index contributed by atoms with van der Waals surface area (Å²) in [6, 6.07) is 11.4. The van der Waals surface area contributed by atoms with Crippen LogP contribution in [0.1, 0.15) is 20.8 Å². The molecule has 2 N–H and O–H groups in total. The molecule has 138 valence electrons. The number of anilines is 2. The van der Waals surface area contributed by atoms with Crippen molar-refractivity contribution in [3.8, 4) is 5.75 Å². The quantitative estimate of drug-likeness (QED) is 0.609. The van der Waals surface area contributed by atoms with Crippen LogP contribution in [0.5, 0.6) is 5.75 Å². The molecule has 1 heterocycles. The van der Waals surface area contributed by atoms with Gasteiger partial charge in [0.2, 0.25) is 0 Å². The summed E-state index contributed by atoms with van der Waals surface area (Å²) in [6.45, 7) is 0. The number of ether oxygens (including phenoxy) is 1. The van der Waals surface area contributed by atoms with Gasteiger partial charge in [0, 0.05) is 16.0 Å². The van der Waals surface area contributed by atoms with Gasteiger partial charge in [0.15, 0.2) is 5.13 Å². The largest absolute Gasteiger partial charge is 0.497 e. The summed E-state index contributed by atoms with van der Waals surface area (Å²) in [6.07, 6.45) is 0. The van der Waals surface area contributed by atoms with Crippen LogP contribution in [0.25, 0.3) is 0 Å². The Labute approximate surface area is 169 Å². The molecule has 3 aromatic rings. The van der Waals surface area contributed by atoms with Gasteiger partial charge in [-0.25, -0.2) is 4.98 Å². The Hall–Kier alpha value is -2.61. The van der Waals surface area contributed by atoms with E-state index in [0.717, 1.165) is 11.3 Å². The third-order valence-corrected chi connectivity index (χ3v) is 4.79. The Morgan fingerprint density at radius 1 is 1.04 bits per heavy atom. The molecule has 0 fully saturated rings. The number of nitrogens with one attached hydrogen (secondary N) is 2. The van der Waals surface area contributed by atoms with Gasteiger partial charge >= 0.3 is 0 Å². The van der Waals surface area contributed by atoms with Gasteiger partial charge in [-0.3, -0.25) is 14.9 Å². The molecule has 0 saturated carbocycles. The van der Waals surface area contributed by atoms with E-state index in [1.54, 1.807) is 48.9 Å². The number of thiazole rings is 1. The minimum absolute atomic E-state index is 0.163. The van der Waals surface area contributed by atoms with Gasteiger partial charge in [-0.15, -0.1) is 11.3 Å². The van der Waals surface area contributed by atoms with Crippen molar-refractivity contribution in [3.05, 3.63) is 69.1 Å². The third-order valence-electron chi connectivity index (χ3n) is 3.49. The monoisotopic (exact) mass is 421 g/mol. The molecule has 0 unspecified atom stereocenters. The van der Waals surface area contributed by atoms with E-state index in [1.165, 1.54) is 6.07 Å². The number of carbonyl (C=O) groups excluding carboxylic acids is 2. The predicted molar refractivity (Wildman–Crippen MR) is 107 cm³/mol. The second-order valence-corrected chi connectivity index (χ2v) is 7.00. The van der Waals surface area contributed by atoms with Crippen LogP contribution in [0, 0.1) is 0 Å². The average molecular weight is 422 g/mol. The Kier molecular flexibility index (Phi) is 5.95. The number of hydrogen-bond acceptors (Lipinski definition) is 5. The molecule has 0 aliphatic carbocycles. The molecular weight excluding hydrogens is 409 g/mol. The number of hydrogen-bond donors (Lipinski definition) is 2. The van der Waals surface area contributed by atoms with Gasteiger partial charge in [0.1, 0.15) is 11.4 Å². The molecule has 0 saturated heterocycles.